The molecule has 0 bridgehead atoms. The Hall–Kier alpha value is -2.65. The maximum Gasteiger partial charge on any atom is 0.343 e. The molecule has 0 unspecified atom stereocenters. The van der Waals surface area contributed by atoms with Gasteiger partial charge in [0.15, 0.2) is 11.8 Å². The molecule has 1 aliphatic heterocycles. The molecule has 0 spiro atoms. The van der Waals surface area contributed by atoms with Gasteiger partial charge in [0.25, 0.3) is 5.91 Å². The predicted molar refractivity (Wildman–Crippen MR) is 109 cm³/mol. The summed E-state index contributed by atoms with van der Waals surface area (Å²) in [5.41, 5.74) is 1.13. The summed E-state index contributed by atoms with van der Waals surface area (Å²) in [6.07, 6.45) is 1.64. The summed E-state index contributed by atoms with van der Waals surface area (Å²) in [5.74, 6) is -0.756. The van der Waals surface area contributed by atoms with Gasteiger partial charge in [0.1, 0.15) is 11.6 Å². The molecule has 3 rings (SSSR count). The van der Waals surface area contributed by atoms with Crippen molar-refractivity contribution in [2.45, 2.75) is 0 Å². The first-order valence-corrected chi connectivity index (χ1v) is 9.60. The molecule has 144 valence electrons. The van der Waals surface area contributed by atoms with Gasteiger partial charge in [-0.2, -0.15) is 0 Å². The van der Waals surface area contributed by atoms with E-state index in [2.05, 4.69) is 31.0 Å². The Labute approximate surface area is 172 Å². The maximum atomic E-state index is 13.0. The fourth-order valence-corrected chi connectivity index (χ4v) is 3.43. The van der Waals surface area contributed by atoms with Crippen molar-refractivity contribution in [3.63, 3.8) is 0 Å². The summed E-state index contributed by atoms with van der Waals surface area (Å²) < 4.78 is 23.8. The van der Waals surface area contributed by atoms with Gasteiger partial charge in [-0.15, -0.1) is 0 Å². The minimum absolute atomic E-state index is 0.245. The number of hydrogen-bond acceptors (Lipinski definition) is 6. The summed E-state index contributed by atoms with van der Waals surface area (Å²) in [4.78, 5) is 28.3. The second-order valence-electron chi connectivity index (χ2n) is 5.51. The SMILES string of the molecule is COC(=O)COc1ccc(Br)cc1/C=C1/SC(=Nc2ccc(F)cc2)NC1=O. The number of nitrogens with one attached hydrogen (secondary N) is 1. The third-order valence-electron chi connectivity index (χ3n) is 3.54. The highest BCUT2D eigenvalue weighted by Crippen LogP contribution is 2.32. The van der Waals surface area contributed by atoms with Gasteiger partial charge >= 0.3 is 5.97 Å². The zero-order chi connectivity index (χ0) is 20.1. The molecule has 1 heterocycles. The van der Waals surface area contributed by atoms with E-state index in [9.17, 15) is 14.0 Å². The number of amidine groups is 1. The van der Waals surface area contributed by atoms with Gasteiger partial charge in [-0.25, -0.2) is 14.2 Å². The number of halogens is 2. The lowest BCUT2D eigenvalue weighted by Crippen LogP contribution is -2.19. The highest BCUT2D eigenvalue weighted by molar-refractivity contribution is 9.10. The molecule has 6 nitrogen and oxygen atoms in total. The number of thioether (sulfide) groups is 1. The average Bonchev–Trinajstić information content (AvgIpc) is 3.01. The molecule has 0 aromatic heterocycles. The van der Waals surface area contributed by atoms with E-state index in [1.54, 1.807) is 24.3 Å². The van der Waals surface area contributed by atoms with Crippen LogP contribution in [0.15, 0.2) is 56.8 Å². The summed E-state index contributed by atoms with van der Waals surface area (Å²) in [5, 5.41) is 3.05. The minimum atomic E-state index is -0.511. The third kappa shape index (κ3) is 5.20. The number of esters is 1. The van der Waals surface area contributed by atoms with Gasteiger partial charge in [-0.05, 0) is 60.3 Å². The molecule has 1 N–H and O–H groups in total. The van der Waals surface area contributed by atoms with Gasteiger partial charge in [0.05, 0.1) is 17.7 Å². The molecule has 28 heavy (non-hydrogen) atoms. The first-order chi connectivity index (χ1) is 13.4. The molecule has 1 fully saturated rings. The smallest absolute Gasteiger partial charge is 0.343 e. The Morgan fingerprint density at radius 2 is 2.04 bits per heavy atom. The van der Waals surface area contributed by atoms with Crippen molar-refractivity contribution in [1.29, 1.82) is 0 Å². The molecule has 0 radical (unpaired) electrons. The Morgan fingerprint density at radius 3 is 2.75 bits per heavy atom. The fourth-order valence-electron chi connectivity index (χ4n) is 2.21. The zero-order valence-electron chi connectivity index (χ0n) is 14.6. The van der Waals surface area contributed by atoms with Crippen LogP contribution < -0.4 is 10.1 Å². The van der Waals surface area contributed by atoms with Crippen molar-refractivity contribution in [2.24, 2.45) is 4.99 Å². The van der Waals surface area contributed by atoms with Gasteiger partial charge in [-0.1, -0.05) is 15.9 Å². The monoisotopic (exact) mass is 464 g/mol. The molecule has 0 saturated carbocycles. The Bertz CT molecular complexity index is 976. The fraction of sp³-hybridized carbons (Fsp3) is 0.105. The molecule has 0 atom stereocenters. The predicted octanol–water partition coefficient (Wildman–Crippen LogP) is 4.03. The van der Waals surface area contributed by atoms with Gasteiger partial charge in [-0.3, -0.25) is 4.79 Å². The molecule has 2 aromatic rings. The summed E-state index contributed by atoms with van der Waals surface area (Å²) in [6, 6.07) is 10.8. The highest BCUT2D eigenvalue weighted by atomic mass is 79.9. The second kappa shape index (κ2) is 9.03. The van der Waals surface area contributed by atoms with Crippen LogP contribution in [0.5, 0.6) is 5.75 Å². The lowest BCUT2D eigenvalue weighted by molar-refractivity contribution is -0.142. The van der Waals surface area contributed by atoms with Crippen molar-refractivity contribution < 1.29 is 23.5 Å². The summed E-state index contributed by atoms with van der Waals surface area (Å²) in [6.45, 7) is -0.245. The summed E-state index contributed by atoms with van der Waals surface area (Å²) >= 11 is 4.53. The van der Waals surface area contributed by atoms with Gasteiger partial charge in [0.2, 0.25) is 0 Å². The standard InChI is InChI=1S/C19H14BrFN2O4S/c1-26-17(24)10-27-15-7-2-12(20)8-11(15)9-16-18(25)23-19(28-16)22-14-5-3-13(21)4-6-14/h2-9H,10H2,1H3,(H,22,23,25)/b16-9+. The van der Waals surface area contributed by atoms with Gasteiger partial charge in [0, 0.05) is 10.0 Å². The number of aliphatic imine (C=N–C) groups is 1. The van der Waals surface area contributed by atoms with E-state index < -0.39 is 5.97 Å². The van der Waals surface area contributed by atoms with E-state index in [1.807, 2.05) is 0 Å². The Morgan fingerprint density at radius 1 is 1.29 bits per heavy atom. The van der Waals surface area contributed by atoms with Crippen LogP contribution in [0.3, 0.4) is 0 Å². The normalized spacial score (nSPS) is 16.3. The lowest BCUT2D eigenvalue weighted by atomic mass is 10.2. The van der Waals surface area contributed by atoms with Crippen molar-refractivity contribution in [1.82, 2.24) is 5.32 Å². The quantitative estimate of drug-likeness (QED) is 0.533. The number of hydrogen-bond donors (Lipinski definition) is 1. The van der Waals surface area contributed by atoms with Crippen LogP contribution in [0.4, 0.5) is 10.1 Å². The highest BCUT2D eigenvalue weighted by Gasteiger charge is 2.24. The van der Waals surface area contributed by atoms with Crippen LogP contribution in [-0.4, -0.2) is 30.8 Å². The third-order valence-corrected chi connectivity index (χ3v) is 4.94. The van der Waals surface area contributed by atoms with Crippen LogP contribution in [0, 0.1) is 5.82 Å². The van der Waals surface area contributed by atoms with E-state index in [4.69, 9.17) is 4.74 Å². The largest absolute Gasteiger partial charge is 0.481 e. The van der Waals surface area contributed by atoms with E-state index in [0.717, 1.165) is 16.2 Å². The van der Waals surface area contributed by atoms with Crippen molar-refractivity contribution in [3.8, 4) is 5.75 Å². The van der Waals surface area contributed by atoms with Gasteiger partial charge < -0.3 is 14.8 Å². The molecule has 1 amide bonds. The van der Waals surface area contributed by atoms with Crippen molar-refractivity contribution in [2.75, 3.05) is 13.7 Å². The maximum absolute atomic E-state index is 13.0. The van der Waals surface area contributed by atoms with E-state index in [-0.39, 0.29) is 18.3 Å². The van der Waals surface area contributed by atoms with Crippen LogP contribution >= 0.6 is 27.7 Å². The van der Waals surface area contributed by atoms with E-state index in [0.29, 0.717) is 27.1 Å². The molecule has 2 aromatic carbocycles. The number of ether oxygens (including phenoxy) is 2. The zero-order valence-corrected chi connectivity index (χ0v) is 17.0. The van der Waals surface area contributed by atoms with E-state index in [1.165, 1.54) is 31.4 Å². The molecule has 1 saturated heterocycles. The Balaban J connectivity index is 1.83. The molecule has 9 heteroatoms. The number of amides is 1. The number of benzene rings is 2. The first-order valence-electron chi connectivity index (χ1n) is 7.99. The first kappa shape index (κ1) is 20.1. The van der Waals surface area contributed by atoms with Crippen LogP contribution in [0.2, 0.25) is 0 Å². The average molecular weight is 465 g/mol. The number of carbonyl (C=O) groups excluding carboxylic acids is 2. The topological polar surface area (TPSA) is 77.0 Å². The number of carbonyl (C=O) groups is 2. The lowest BCUT2D eigenvalue weighted by Gasteiger charge is -2.09. The summed E-state index contributed by atoms with van der Waals surface area (Å²) in [7, 11) is 1.28. The number of nitrogens with zero attached hydrogens (tertiary/aromatic N) is 1. The van der Waals surface area contributed by atoms with Crippen LogP contribution in [0.25, 0.3) is 6.08 Å². The second-order valence-corrected chi connectivity index (χ2v) is 7.45. The number of rotatable bonds is 5. The van der Waals surface area contributed by atoms with Crippen molar-refractivity contribution in [3.05, 3.63) is 63.2 Å². The molecular weight excluding hydrogens is 451 g/mol. The number of methoxy groups -OCH3 is 1. The molecule has 1 aliphatic rings. The molecule has 0 aliphatic carbocycles. The van der Waals surface area contributed by atoms with E-state index >= 15 is 0 Å². The van der Waals surface area contributed by atoms with Crippen LogP contribution in [0.1, 0.15) is 5.56 Å². The van der Waals surface area contributed by atoms with Crippen molar-refractivity contribution >= 4 is 56.5 Å². The molecular formula is C19H14BrFN2O4S. The Kier molecular flexibility index (Phi) is 6.48. The van der Waals surface area contributed by atoms with Crippen LogP contribution in [-0.2, 0) is 14.3 Å². The minimum Gasteiger partial charge on any atom is -0.481 e.